The molecule has 4 heterocycles. The number of thiophene rings is 1. The smallest absolute Gasteiger partial charge is 0.318 e. The highest BCUT2D eigenvalue weighted by atomic mass is 35.5. The fourth-order valence-electron chi connectivity index (χ4n) is 4.74. The summed E-state index contributed by atoms with van der Waals surface area (Å²) in [6.45, 7) is 7.52. The van der Waals surface area contributed by atoms with Crippen LogP contribution in [-0.4, -0.2) is 40.5 Å². The quantitative estimate of drug-likeness (QED) is 0.555. The molecule has 1 atom stereocenters. The van der Waals surface area contributed by atoms with Crippen LogP contribution in [0.1, 0.15) is 47.2 Å². The third-order valence-corrected chi connectivity index (χ3v) is 7.87. The number of aromatic nitrogens is 1. The average molecular weight is 469 g/mol. The maximum Gasteiger partial charge on any atom is 0.318 e. The molecule has 3 aromatic rings. The summed E-state index contributed by atoms with van der Waals surface area (Å²) >= 11 is 8.07. The van der Waals surface area contributed by atoms with E-state index >= 15 is 0 Å². The molecule has 2 aliphatic rings. The Bertz CT molecular complexity index is 1130. The number of rotatable bonds is 3. The standard InChI is InChI=1S/C25H29ClN4OS/c1-16(2)13-27-25(31)30-14-20-19-10-12-28(3)15-22(19)32-24(20)29-11-4-5-21(29)23(30)17-6-8-18(26)9-7-17/h4-9,11,16,23H,10,12-15H2,1-3H3,(H,27,31). The lowest BCUT2D eigenvalue weighted by molar-refractivity contribution is 0.179. The number of benzene rings is 1. The number of likely N-dealkylation sites (N-methyl/N-ethyl adjacent to an activating group) is 1. The van der Waals surface area contributed by atoms with Crippen LogP contribution in [0.5, 0.6) is 0 Å². The van der Waals surface area contributed by atoms with Gasteiger partial charge in [-0.25, -0.2) is 4.79 Å². The lowest BCUT2D eigenvalue weighted by Gasteiger charge is -2.32. The van der Waals surface area contributed by atoms with Crippen LogP contribution in [0.4, 0.5) is 4.79 Å². The number of fused-ring (bicyclic) bond motifs is 5. The van der Waals surface area contributed by atoms with Gasteiger partial charge in [0, 0.05) is 41.3 Å². The van der Waals surface area contributed by atoms with Crippen LogP contribution >= 0.6 is 22.9 Å². The first-order chi connectivity index (χ1) is 15.4. The number of amides is 2. The molecule has 7 heteroatoms. The lowest BCUT2D eigenvalue weighted by Crippen LogP contribution is -2.43. The van der Waals surface area contributed by atoms with Gasteiger partial charge in [-0.05, 0) is 54.8 Å². The topological polar surface area (TPSA) is 40.5 Å². The van der Waals surface area contributed by atoms with Crippen LogP contribution in [0.2, 0.25) is 5.02 Å². The molecule has 5 nitrogen and oxygen atoms in total. The van der Waals surface area contributed by atoms with Crippen LogP contribution in [0.15, 0.2) is 42.6 Å². The Kier molecular flexibility index (Phi) is 5.78. The van der Waals surface area contributed by atoms with Gasteiger partial charge in [-0.3, -0.25) is 0 Å². The summed E-state index contributed by atoms with van der Waals surface area (Å²) in [5.74, 6) is 0.392. The van der Waals surface area contributed by atoms with E-state index in [0.29, 0.717) is 24.0 Å². The Morgan fingerprint density at radius 2 is 1.97 bits per heavy atom. The van der Waals surface area contributed by atoms with E-state index in [-0.39, 0.29) is 12.1 Å². The Balaban J connectivity index is 1.65. The summed E-state index contributed by atoms with van der Waals surface area (Å²) in [6.07, 6.45) is 3.17. The Hall–Kier alpha value is -2.28. The number of carbonyl (C=O) groups is 1. The molecule has 1 unspecified atom stereocenters. The van der Waals surface area contributed by atoms with E-state index < -0.39 is 0 Å². The molecule has 0 aliphatic carbocycles. The van der Waals surface area contributed by atoms with Crippen molar-refractivity contribution in [3.8, 4) is 5.00 Å². The third kappa shape index (κ3) is 3.85. The van der Waals surface area contributed by atoms with E-state index in [4.69, 9.17) is 11.6 Å². The number of hydrogen-bond donors (Lipinski definition) is 1. The molecule has 0 spiro atoms. The minimum atomic E-state index is -0.184. The molecule has 2 aromatic heterocycles. The highest BCUT2D eigenvalue weighted by molar-refractivity contribution is 7.15. The molecule has 0 bridgehead atoms. The van der Waals surface area contributed by atoms with E-state index in [0.717, 1.165) is 30.8 Å². The second-order valence-corrected chi connectivity index (χ2v) is 10.8. The maximum absolute atomic E-state index is 13.6. The van der Waals surface area contributed by atoms with E-state index in [1.54, 1.807) is 0 Å². The number of nitrogens with one attached hydrogen (secondary N) is 1. The van der Waals surface area contributed by atoms with Gasteiger partial charge in [0.2, 0.25) is 0 Å². The molecule has 5 rings (SSSR count). The van der Waals surface area contributed by atoms with Gasteiger partial charge < -0.3 is 19.7 Å². The monoisotopic (exact) mass is 468 g/mol. The third-order valence-electron chi connectivity index (χ3n) is 6.36. The zero-order valence-corrected chi connectivity index (χ0v) is 20.3. The molecule has 2 amide bonds. The second-order valence-electron chi connectivity index (χ2n) is 9.24. The summed E-state index contributed by atoms with van der Waals surface area (Å²) in [5.41, 5.74) is 4.91. The fraction of sp³-hybridized carbons (Fsp3) is 0.400. The van der Waals surface area contributed by atoms with Crippen molar-refractivity contribution in [1.29, 1.82) is 0 Å². The zero-order chi connectivity index (χ0) is 22.4. The van der Waals surface area contributed by atoms with Gasteiger partial charge in [0.05, 0.1) is 18.3 Å². The van der Waals surface area contributed by atoms with Crippen molar-refractivity contribution >= 4 is 29.0 Å². The predicted molar refractivity (Wildman–Crippen MR) is 131 cm³/mol. The van der Waals surface area contributed by atoms with Gasteiger partial charge >= 0.3 is 6.03 Å². The summed E-state index contributed by atoms with van der Waals surface area (Å²) < 4.78 is 2.30. The predicted octanol–water partition coefficient (Wildman–Crippen LogP) is 5.45. The average Bonchev–Trinajstić information content (AvgIpc) is 3.34. The minimum absolute atomic E-state index is 0.0212. The van der Waals surface area contributed by atoms with Gasteiger partial charge in [-0.15, -0.1) is 11.3 Å². The molecule has 0 saturated heterocycles. The first-order valence-electron chi connectivity index (χ1n) is 11.2. The summed E-state index contributed by atoms with van der Waals surface area (Å²) in [6, 6.07) is 11.9. The fourth-order valence-corrected chi connectivity index (χ4v) is 6.31. The minimum Gasteiger partial charge on any atom is -0.338 e. The van der Waals surface area contributed by atoms with E-state index in [1.165, 1.54) is 21.0 Å². The number of nitrogens with zero attached hydrogens (tertiary/aromatic N) is 3. The van der Waals surface area contributed by atoms with E-state index in [2.05, 4.69) is 54.0 Å². The molecule has 0 radical (unpaired) electrons. The van der Waals surface area contributed by atoms with E-state index in [9.17, 15) is 4.79 Å². The first-order valence-corrected chi connectivity index (χ1v) is 12.4. The summed E-state index contributed by atoms with van der Waals surface area (Å²) in [7, 11) is 2.18. The highest BCUT2D eigenvalue weighted by Crippen LogP contribution is 2.43. The molecule has 0 fully saturated rings. The van der Waals surface area contributed by atoms with Crippen molar-refractivity contribution in [3.05, 3.63) is 74.9 Å². The van der Waals surface area contributed by atoms with Gasteiger partial charge in [0.25, 0.3) is 0 Å². The molecular weight excluding hydrogens is 440 g/mol. The lowest BCUT2D eigenvalue weighted by atomic mass is 10.0. The molecule has 168 valence electrons. The van der Waals surface area contributed by atoms with Crippen LogP contribution < -0.4 is 5.32 Å². The van der Waals surface area contributed by atoms with Crippen molar-refractivity contribution in [2.45, 2.75) is 39.4 Å². The number of urea groups is 1. The van der Waals surface area contributed by atoms with Crippen molar-refractivity contribution in [1.82, 2.24) is 19.7 Å². The molecule has 0 saturated carbocycles. The first kappa shape index (κ1) is 21.6. The molecule has 1 N–H and O–H groups in total. The Morgan fingerprint density at radius 1 is 1.19 bits per heavy atom. The second kappa shape index (κ2) is 8.58. The number of carbonyl (C=O) groups excluding carboxylic acids is 1. The molecule has 1 aromatic carbocycles. The van der Waals surface area contributed by atoms with Crippen LogP contribution in [0, 0.1) is 5.92 Å². The Labute approximate surface area is 198 Å². The van der Waals surface area contributed by atoms with Crippen molar-refractivity contribution in [2.75, 3.05) is 20.1 Å². The highest BCUT2D eigenvalue weighted by Gasteiger charge is 2.36. The SMILES string of the molecule is CC(C)CNC(=O)N1Cc2c(sc3c2CCN(C)C3)-n2cccc2C1c1ccc(Cl)cc1. The van der Waals surface area contributed by atoms with Crippen molar-refractivity contribution in [3.63, 3.8) is 0 Å². The van der Waals surface area contributed by atoms with Crippen molar-refractivity contribution < 1.29 is 4.79 Å². The number of hydrogen-bond acceptors (Lipinski definition) is 3. The summed E-state index contributed by atoms with van der Waals surface area (Å²) in [4.78, 5) is 19.4. The van der Waals surface area contributed by atoms with Crippen LogP contribution in [-0.2, 0) is 19.5 Å². The molecular formula is C25H29ClN4OS. The van der Waals surface area contributed by atoms with E-state index in [1.807, 2.05) is 40.5 Å². The van der Waals surface area contributed by atoms with Gasteiger partial charge in [-0.2, -0.15) is 0 Å². The molecule has 32 heavy (non-hydrogen) atoms. The van der Waals surface area contributed by atoms with Crippen molar-refractivity contribution in [2.24, 2.45) is 5.92 Å². The van der Waals surface area contributed by atoms with Gasteiger partial charge in [0.1, 0.15) is 5.00 Å². The zero-order valence-electron chi connectivity index (χ0n) is 18.8. The number of halogens is 1. The van der Waals surface area contributed by atoms with Gasteiger partial charge in [-0.1, -0.05) is 37.6 Å². The maximum atomic E-state index is 13.6. The van der Waals surface area contributed by atoms with Crippen LogP contribution in [0.3, 0.4) is 0 Å². The molecule has 2 aliphatic heterocycles. The summed E-state index contributed by atoms with van der Waals surface area (Å²) in [5, 5.41) is 5.12. The van der Waals surface area contributed by atoms with Gasteiger partial charge in [0.15, 0.2) is 0 Å². The largest absolute Gasteiger partial charge is 0.338 e. The van der Waals surface area contributed by atoms with Crippen LogP contribution in [0.25, 0.3) is 5.00 Å². The normalized spacial score (nSPS) is 18.2. The Morgan fingerprint density at radius 3 is 2.72 bits per heavy atom.